The summed E-state index contributed by atoms with van der Waals surface area (Å²) in [4.78, 5) is 0.259. The average molecular weight is 352 g/mol. The number of hydrogen-bond acceptors (Lipinski definition) is 3. The minimum Gasteiger partial charge on any atom is -0.356 e. The first-order chi connectivity index (χ1) is 11.9. The third kappa shape index (κ3) is 4.39. The summed E-state index contributed by atoms with van der Waals surface area (Å²) in [5, 5.41) is 3.30. The molecule has 0 saturated heterocycles. The standard InChI is InChI=1S/C20H20N2O2S/c1-15-5-3-7-19(13-15)21-17-9-11-18(12-10-17)22-25(23,24)20-8-4-6-16(2)14-20/h3-14,21-22H,1-2H3. The molecule has 0 bridgehead atoms. The normalized spacial score (nSPS) is 11.1. The van der Waals surface area contributed by atoms with Gasteiger partial charge in [-0.25, -0.2) is 8.42 Å². The van der Waals surface area contributed by atoms with Gasteiger partial charge in [0.25, 0.3) is 10.0 Å². The zero-order chi connectivity index (χ0) is 17.9. The van der Waals surface area contributed by atoms with Gasteiger partial charge in [-0.2, -0.15) is 0 Å². The Morgan fingerprint density at radius 3 is 1.92 bits per heavy atom. The molecule has 128 valence electrons. The van der Waals surface area contributed by atoms with Gasteiger partial charge >= 0.3 is 0 Å². The zero-order valence-corrected chi connectivity index (χ0v) is 15.0. The Bertz CT molecular complexity index is 981. The van der Waals surface area contributed by atoms with Crippen LogP contribution in [0.1, 0.15) is 11.1 Å². The second-order valence-electron chi connectivity index (χ2n) is 5.99. The highest BCUT2D eigenvalue weighted by molar-refractivity contribution is 7.92. The van der Waals surface area contributed by atoms with Crippen molar-refractivity contribution in [2.24, 2.45) is 0 Å². The molecule has 0 spiro atoms. The molecule has 0 aromatic heterocycles. The van der Waals surface area contributed by atoms with E-state index in [1.165, 1.54) is 5.56 Å². The number of rotatable bonds is 5. The summed E-state index contributed by atoms with van der Waals surface area (Å²) in [7, 11) is -3.58. The second-order valence-corrected chi connectivity index (χ2v) is 7.68. The molecular weight excluding hydrogens is 332 g/mol. The van der Waals surface area contributed by atoms with Gasteiger partial charge in [0.2, 0.25) is 0 Å². The van der Waals surface area contributed by atoms with Crippen molar-refractivity contribution >= 4 is 27.1 Å². The lowest BCUT2D eigenvalue weighted by molar-refractivity contribution is 0.601. The van der Waals surface area contributed by atoms with Crippen LogP contribution >= 0.6 is 0 Å². The van der Waals surface area contributed by atoms with Gasteiger partial charge in [-0.3, -0.25) is 4.72 Å². The number of benzene rings is 3. The molecule has 5 heteroatoms. The molecule has 0 atom stereocenters. The van der Waals surface area contributed by atoms with Gasteiger partial charge in [-0.1, -0.05) is 24.3 Å². The third-order valence-corrected chi connectivity index (χ3v) is 5.12. The van der Waals surface area contributed by atoms with Crippen molar-refractivity contribution in [1.29, 1.82) is 0 Å². The maximum Gasteiger partial charge on any atom is 0.261 e. The quantitative estimate of drug-likeness (QED) is 0.690. The summed E-state index contributed by atoms with van der Waals surface area (Å²) >= 11 is 0. The minimum atomic E-state index is -3.58. The van der Waals surface area contributed by atoms with E-state index in [1.807, 2.05) is 56.3 Å². The predicted molar refractivity (Wildman–Crippen MR) is 103 cm³/mol. The molecule has 0 amide bonds. The Morgan fingerprint density at radius 2 is 1.28 bits per heavy atom. The predicted octanol–water partition coefficient (Wildman–Crippen LogP) is 4.85. The van der Waals surface area contributed by atoms with E-state index in [0.717, 1.165) is 16.9 Å². The Kier molecular flexibility index (Phi) is 4.76. The van der Waals surface area contributed by atoms with Gasteiger partial charge in [0.1, 0.15) is 0 Å². The lowest BCUT2D eigenvalue weighted by atomic mass is 10.2. The molecule has 3 aromatic rings. The summed E-state index contributed by atoms with van der Waals surface area (Å²) < 4.78 is 27.5. The molecule has 0 aliphatic heterocycles. The van der Waals surface area contributed by atoms with Crippen LogP contribution in [0.25, 0.3) is 0 Å². The molecule has 0 saturated carbocycles. The van der Waals surface area contributed by atoms with E-state index in [2.05, 4.69) is 10.0 Å². The number of nitrogens with one attached hydrogen (secondary N) is 2. The molecule has 3 aromatic carbocycles. The highest BCUT2D eigenvalue weighted by Crippen LogP contribution is 2.22. The van der Waals surface area contributed by atoms with Crippen LogP contribution in [-0.2, 0) is 10.0 Å². The smallest absolute Gasteiger partial charge is 0.261 e. The number of hydrogen-bond donors (Lipinski definition) is 2. The minimum absolute atomic E-state index is 0.259. The molecule has 0 radical (unpaired) electrons. The monoisotopic (exact) mass is 352 g/mol. The molecule has 3 rings (SSSR count). The molecule has 4 nitrogen and oxygen atoms in total. The summed E-state index contributed by atoms with van der Waals surface area (Å²) in [6.07, 6.45) is 0. The van der Waals surface area contributed by atoms with Crippen LogP contribution in [0.5, 0.6) is 0 Å². The fourth-order valence-corrected chi connectivity index (χ4v) is 3.67. The summed E-state index contributed by atoms with van der Waals surface area (Å²) in [5.74, 6) is 0. The van der Waals surface area contributed by atoms with Crippen LogP contribution in [0, 0.1) is 13.8 Å². The van der Waals surface area contributed by atoms with Crippen molar-refractivity contribution in [3.05, 3.63) is 83.9 Å². The summed E-state index contributed by atoms with van der Waals surface area (Å²) in [6.45, 7) is 3.90. The Morgan fingerprint density at radius 1 is 0.680 bits per heavy atom. The van der Waals surface area contributed by atoms with E-state index in [1.54, 1.807) is 30.3 Å². The van der Waals surface area contributed by atoms with Crippen molar-refractivity contribution in [2.45, 2.75) is 18.7 Å². The fraction of sp³-hybridized carbons (Fsp3) is 0.100. The number of sulfonamides is 1. The van der Waals surface area contributed by atoms with Gasteiger partial charge in [0, 0.05) is 17.1 Å². The van der Waals surface area contributed by atoms with Gasteiger partial charge in [-0.15, -0.1) is 0 Å². The molecule has 0 unspecified atom stereocenters. The van der Waals surface area contributed by atoms with E-state index in [-0.39, 0.29) is 4.90 Å². The van der Waals surface area contributed by atoms with Crippen molar-refractivity contribution in [3.8, 4) is 0 Å². The van der Waals surface area contributed by atoms with Gasteiger partial charge in [-0.05, 0) is 73.5 Å². The maximum absolute atomic E-state index is 12.4. The fourth-order valence-electron chi connectivity index (χ4n) is 2.51. The molecule has 0 aliphatic rings. The van der Waals surface area contributed by atoms with Crippen LogP contribution in [0.3, 0.4) is 0 Å². The lowest BCUT2D eigenvalue weighted by Crippen LogP contribution is -2.13. The maximum atomic E-state index is 12.4. The molecule has 2 N–H and O–H groups in total. The second kappa shape index (κ2) is 6.99. The summed E-state index contributed by atoms with van der Waals surface area (Å²) in [5.41, 5.74) is 4.49. The Labute approximate surface area is 148 Å². The van der Waals surface area contributed by atoms with Crippen molar-refractivity contribution < 1.29 is 8.42 Å². The first kappa shape index (κ1) is 17.0. The SMILES string of the molecule is Cc1cccc(Nc2ccc(NS(=O)(=O)c3cccc(C)c3)cc2)c1. The third-order valence-electron chi connectivity index (χ3n) is 3.74. The summed E-state index contributed by atoms with van der Waals surface area (Å²) in [6, 6.07) is 22.1. The molecule has 25 heavy (non-hydrogen) atoms. The Balaban J connectivity index is 1.74. The van der Waals surface area contributed by atoms with E-state index >= 15 is 0 Å². The van der Waals surface area contributed by atoms with Crippen molar-refractivity contribution in [3.63, 3.8) is 0 Å². The van der Waals surface area contributed by atoms with E-state index < -0.39 is 10.0 Å². The first-order valence-electron chi connectivity index (χ1n) is 7.96. The first-order valence-corrected chi connectivity index (χ1v) is 9.44. The lowest BCUT2D eigenvalue weighted by Gasteiger charge is -2.11. The molecular formula is C20H20N2O2S. The molecule has 0 fully saturated rings. The van der Waals surface area contributed by atoms with Gasteiger partial charge in [0.05, 0.1) is 4.90 Å². The average Bonchev–Trinajstić information content (AvgIpc) is 2.56. The number of aryl methyl sites for hydroxylation is 2. The highest BCUT2D eigenvalue weighted by Gasteiger charge is 2.13. The number of anilines is 3. The molecule has 0 aliphatic carbocycles. The van der Waals surface area contributed by atoms with Crippen LogP contribution in [0.15, 0.2) is 77.7 Å². The van der Waals surface area contributed by atoms with Gasteiger partial charge in [0.15, 0.2) is 0 Å². The van der Waals surface area contributed by atoms with Crippen LogP contribution < -0.4 is 10.0 Å². The van der Waals surface area contributed by atoms with Crippen LogP contribution in [0.4, 0.5) is 17.1 Å². The van der Waals surface area contributed by atoms with Crippen molar-refractivity contribution in [1.82, 2.24) is 0 Å². The van der Waals surface area contributed by atoms with E-state index in [9.17, 15) is 8.42 Å². The van der Waals surface area contributed by atoms with E-state index in [4.69, 9.17) is 0 Å². The van der Waals surface area contributed by atoms with E-state index in [0.29, 0.717) is 5.69 Å². The van der Waals surface area contributed by atoms with Crippen LogP contribution in [0.2, 0.25) is 0 Å². The van der Waals surface area contributed by atoms with Crippen LogP contribution in [-0.4, -0.2) is 8.42 Å². The zero-order valence-electron chi connectivity index (χ0n) is 14.2. The topological polar surface area (TPSA) is 58.2 Å². The largest absolute Gasteiger partial charge is 0.356 e. The molecule has 0 heterocycles. The van der Waals surface area contributed by atoms with Gasteiger partial charge < -0.3 is 5.32 Å². The Hall–Kier alpha value is -2.79. The van der Waals surface area contributed by atoms with Crippen molar-refractivity contribution in [2.75, 3.05) is 10.0 Å². The highest BCUT2D eigenvalue weighted by atomic mass is 32.2.